The maximum Gasteiger partial charge on any atom is 0.0101 e. The van der Waals surface area contributed by atoms with Gasteiger partial charge in [-0.2, -0.15) is 0 Å². The molecule has 0 radical (unpaired) electrons. The van der Waals surface area contributed by atoms with Crippen LogP contribution in [0.5, 0.6) is 0 Å². The summed E-state index contributed by atoms with van der Waals surface area (Å²) in [4.78, 5) is 0. The maximum atomic E-state index is 4.15. The molecule has 1 N–H and O–H groups in total. The van der Waals surface area contributed by atoms with Crippen LogP contribution in [0.1, 0.15) is 77.0 Å². The Morgan fingerprint density at radius 1 is 0.476 bits per heavy atom. The van der Waals surface area contributed by atoms with Crippen LogP contribution in [0.4, 0.5) is 0 Å². The zero-order valence-corrected chi connectivity index (χ0v) is 13.6. The van der Waals surface area contributed by atoms with Crippen molar-refractivity contribution in [1.82, 2.24) is 5.32 Å². The lowest BCUT2D eigenvalue weighted by Crippen LogP contribution is -2.57. The molecule has 1 heteroatoms. The highest BCUT2D eigenvalue weighted by Crippen LogP contribution is 2.58. The predicted octanol–water partition coefficient (Wildman–Crippen LogP) is 4.76. The fourth-order valence-corrected chi connectivity index (χ4v) is 7.62. The van der Waals surface area contributed by atoms with E-state index in [0.29, 0.717) is 0 Å². The quantitative estimate of drug-likeness (QED) is 0.677. The van der Waals surface area contributed by atoms with E-state index in [0.717, 1.165) is 47.6 Å². The van der Waals surface area contributed by atoms with E-state index in [-0.39, 0.29) is 0 Å². The Balaban J connectivity index is 1.36. The largest absolute Gasteiger partial charge is 0.311 e. The van der Waals surface area contributed by atoms with Crippen molar-refractivity contribution in [2.45, 2.75) is 89.1 Å². The molecule has 21 heavy (non-hydrogen) atoms. The number of rotatable bonds is 0. The summed E-state index contributed by atoms with van der Waals surface area (Å²) >= 11 is 0. The minimum atomic E-state index is 0.903. The molecule has 5 rings (SSSR count). The van der Waals surface area contributed by atoms with Crippen LogP contribution in [-0.2, 0) is 0 Å². The molecule has 5 fully saturated rings. The third-order valence-corrected chi connectivity index (χ3v) is 8.43. The highest BCUT2D eigenvalue weighted by atomic mass is 15.0. The number of hydrogen-bond acceptors (Lipinski definition) is 1. The van der Waals surface area contributed by atoms with Gasteiger partial charge in [-0.3, -0.25) is 0 Å². The predicted molar refractivity (Wildman–Crippen MR) is 87.1 cm³/mol. The molecule has 0 spiro atoms. The normalized spacial score (nSPS) is 56.0. The van der Waals surface area contributed by atoms with Gasteiger partial charge in [0.15, 0.2) is 0 Å². The first-order valence-electron chi connectivity index (χ1n) is 10.2. The molecule has 0 aromatic heterocycles. The second-order valence-electron chi connectivity index (χ2n) is 9.17. The van der Waals surface area contributed by atoms with Crippen molar-refractivity contribution in [1.29, 1.82) is 0 Å². The Hall–Kier alpha value is -0.0400. The zero-order chi connectivity index (χ0) is 13.8. The van der Waals surface area contributed by atoms with Crippen LogP contribution in [-0.4, -0.2) is 12.1 Å². The van der Waals surface area contributed by atoms with E-state index in [9.17, 15) is 0 Å². The summed E-state index contributed by atoms with van der Waals surface area (Å²) in [6.45, 7) is 0. The topological polar surface area (TPSA) is 12.0 Å². The molecular formula is C20H33N. The van der Waals surface area contributed by atoms with Gasteiger partial charge in [-0.05, 0) is 80.5 Å². The van der Waals surface area contributed by atoms with E-state index in [1.165, 1.54) is 38.5 Å². The van der Waals surface area contributed by atoms with Crippen molar-refractivity contribution in [3.05, 3.63) is 0 Å². The summed E-state index contributed by atoms with van der Waals surface area (Å²) in [5.74, 6) is 6.64. The van der Waals surface area contributed by atoms with E-state index in [2.05, 4.69) is 5.32 Å². The highest BCUT2D eigenvalue weighted by molar-refractivity contribution is 5.05. The van der Waals surface area contributed by atoms with E-state index in [1.807, 2.05) is 0 Å². The Kier molecular flexibility index (Phi) is 3.35. The van der Waals surface area contributed by atoms with Crippen LogP contribution in [0.2, 0.25) is 0 Å². The lowest BCUT2D eigenvalue weighted by molar-refractivity contribution is 0.0284. The summed E-state index contributed by atoms with van der Waals surface area (Å²) < 4.78 is 0. The van der Waals surface area contributed by atoms with Crippen LogP contribution in [0.15, 0.2) is 0 Å². The first-order chi connectivity index (χ1) is 10.4. The third-order valence-electron chi connectivity index (χ3n) is 8.43. The molecule has 4 saturated carbocycles. The molecule has 0 amide bonds. The fraction of sp³-hybridized carbons (Fsp3) is 1.00. The van der Waals surface area contributed by atoms with Crippen LogP contribution in [0, 0.1) is 35.5 Å². The van der Waals surface area contributed by atoms with Crippen molar-refractivity contribution >= 4 is 0 Å². The monoisotopic (exact) mass is 287 g/mol. The molecule has 0 aromatic rings. The molecule has 1 heterocycles. The van der Waals surface area contributed by atoms with Gasteiger partial charge in [0.25, 0.3) is 0 Å². The van der Waals surface area contributed by atoms with Crippen molar-refractivity contribution in [2.75, 3.05) is 0 Å². The summed E-state index contributed by atoms with van der Waals surface area (Å²) in [5, 5.41) is 4.15. The standard InChI is InChI=1S/C20H33N/c1-3-7-15-13(5-1)11-17-16(15)9-10-20-18(17)12-14-6-2-4-8-19(14)21-20/h13-21H,1-12H2. The van der Waals surface area contributed by atoms with Gasteiger partial charge in [-0.1, -0.05) is 32.1 Å². The van der Waals surface area contributed by atoms with Gasteiger partial charge in [0.2, 0.25) is 0 Å². The molecule has 5 aliphatic rings. The molecule has 8 unspecified atom stereocenters. The number of fused-ring (bicyclic) bond motifs is 6. The van der Waals surface area contributed by atoms with Crippen molar-refractivity contribution in [3.63, 3.8) is 0 Å². The van der Waals surface area contributed by atoms with E-state index in [4.69, 9.17) is 0 Å². The van der Waals surface area contributed by atoms with Crippen LogP contribution < -0.4 is 5.32 Å². The average molecular weight is 287 g/mol. The molecule has 1 aliphatic heterocycles. The van der Waals surface area contributed by atoms with E-state index < -0.39 is 0 Å². The minimum Gasteiger partial charge on any atom is -0.311 e. The van der Waals surface area contributed by atoms with Gasteiger partial charge in [0.05, 0.1) is 0 Å². The summed E-state index contributed by atoms with van der Waals surface area (Å²) in [5.41, 5.74) is 0. The van der Waals surface area contributed by atoms with Crippen LogP contribution >= 0.6 is 0 Å². The van der Waals surface area contributed by atoms with Crippen molar-refractivity contribution < 1.29 is 0 Å². The SMILES string of the molecule is C1CCC2NC3CCC4C5CCCCC5CC4C3CC2C1. The summed E-state index contributed by atoms with van der Waals surface area (Å²) in [7, 11) is 0. The molecule has 0 bridgehead atoms. The Bertz CT molecular complexity index is 391. The summed E-state index contributed by atoms with van der Waals surface area (Å²) in [6, 6.07) is 1.81. The lowest BCUT2D eigenvalue weighted by atomic mass is 9.62. The van der Waals surface area contributed by atoms with Gasteiger partial charge in [-0.25, -0.2) is 0 Å². The van der Waals surface area contributed by atoms with Gasteiger partial charge < -0.3 is 5.32 Å². The molecule has 1 nitrogen and oxygen atoms in total. The van der Waals surface area contributed by atoms with E-state index in [1.54, 1.807) is 38.5 Å². The van der Waals surface area contributed by atoms with E-state index >= 15 is 0 Å². The van der Waals surface area contributed by atoms with Gasteiger partial charge >= 0.3 is 0 Å². The van der Waals surface area contributed by atoms with Gasteiger partial charge in [0, 0.05) is 12.1 Å². The Morgan fingerprint density at radius 2 is 1.24 bits per heavy atom. The third kappa shape index (κ3) is 2.13. The lowest BCUT2D eigenvalue weighted by Gasteiger charge is -2.51. The van der Waals surface area contributed by atoms with Crippen molar-refractivity contribution in [2.24, 2.45) is 35.5 Å². The van der Waals surface area contributed by atoms with Crippen LogP contribution in [0.3, 0.4) is 0 Å². The number of piperidine rings is 1. The van der Waals surface area contributed by atoms with Crippen LogP contribution in [0.25, 0.3) is 0 Å². The smallest absolute Gasteiger partial charge is 0.0101 e. The molecule has 4 aliphatic carbocycles. The molecule has 8 atom stereocenters. The molecule has 0 aromatic carbocycles. The first kappa shape index (κ1) is 13.4. The average Bonchev–Trinajstić information content (AvgIpc) is 2.92. The Morgan fingerprint density at radius 3 is 2.19 bits per heavy atom. The number of nitrogens with one attached hydrogen (secondary N) is 1. The maximum absolute atomic E-state index is 4.15. The van der Waals surface area contributed by atoms with Gasteiger partial charge in [0.1, 0.15) is 0 Å². The fourth-order valence-electron chi connectivity index (χ4n) is 7.62. The zero-order valence-electron chi connectivity index (χ0n) is 13.6. The highest BCUT2D eigenvalue weighted by Gasteiger charge is 2.52. The second kappa shape index (κ2) is 5.25. The number of hydrogen-bond donors (Lipinski definition) is 1. The summed E-state index contributed by atoms with van der Waals surface area (Å²) in [6.07, 6.45) is 18.6. The first-order valence-corrected chi connectivity index (χ1v) is 10.2. The van der Waals surface area contributed by atoms with Gasteiger partial charge in [-0.15, -0.1) is 0 Å². The molecule has 1 saturated heterocycles. The van der Waals surface area contributed by atoms with Crippen molar-refractivity contribution in [3.8, 4) is 0 Å². The Labute approximate surface area is 130 Å². The second-order valence-corrected chi connectivity index (χ2v) is 9.17. The molecule has 118 valence electrons. The minimum absolute atomic E-state index is 0.903. The molecular weight excluding hydrogens is 254 g/mol.